The van der Waals surface area contributed by atoms with E-state index < -0.39 is 12.1 Å². The van der Waals surface area contributed by atoms with E-state index >= 15 is 0 Å². The molecule has 1 saturated carbocycles. The van der Waals surface area contributed by atoms with Crippen molar-refractivity contribution in [3.05, 3.63) is 36.2 Å². The number of aromatic nitrogens is 4. The van der Waals surface area contributed by atoms with Crippen molar-refractivity contribution in [2.45, 2.75) is 38.5 Å². The Morgan fingerprint density at radius 1 is 1.38 bits per heavy atom. The molecule has 0 aromatic carbocycles. The van der Waals surface area contributed by atoms with Crippen LogP contribution in [0.3, 0.4) is 0 Å². The molecule has 1 aliphatic carbocycles. The van der Waals surface area contributed by atoms with Gasteiger partial charge in [-0.05, 0) is 25.8 Å². The van der Waals surface area contributed by atoms with Gasteiger partial charge in [-0.2, -0.15) is 5.10 Å². The highest BCUT2D eigenvalue weighted by atomic mass is 16.3. The Morgan fingerprint density at radius 3 is 2.85 bits per heavy atom. The molecule has 1 fully saturated rings. The molecule has 2 aromatic rings. The number of nitrogens with one attached hydrogen (secondary N) is 2. The molecule has 2 aromatic heterocycles. The van der Waals surface area contributed by atoms with E-state index in [0.717, 1.165) is 5.69 Å². The average Bonchev–Trinajstić information content (AvgIpc) is 3.29. The van der Waals surface area contributed by atoms with Crippen LogP contribution in [0, 0.1) is 12.8 Å². The molecule has 2 heterocycles. The number of aryl methyl sites for hydroxylation is 2. The highest BCUT2D eigenvalue weighted by Gasteiger charge is 2.37. The monoisotopic (exact) mass is 360 g/mol. The molecule has 0 saturated heterocycles. The van der Waals surface area contributed by atoms with Crippen LogP contribution in [0.5, 0.6) is 0 Å². The first-order chi connectivity index (χ1) is 12.4. The van der Waals surface area contributed by atoms with Crippen molar-refractivity contribution >= 4 is 11.8 Å². The summed E-state index contributed by atoms with van der Waals surface area (Å²) >= 11 is 0. The molecule has 2 amide bonds. The number of aliphatic hydroxyl groups excluding tert-OH is 1. The summed E-state index contributed by atoms with van der Waals surface area (Å²) in [6, 6.07) is 1.46. The van der Waals surface area contributed by atoms with Crippen molar-refractivity contribution in [3.8, 4) is 0 Å². The fraction of sp³-hybridized carbons (Fsp3) is 0.529. The molecule has 1 aliphatic rings. The summed E-state index contributed by atoms with van der Waals surface area (Å²) in [4.78, 5) is 28.5. The molecular weight excluding hydrogens is 336 g/mol. The molecule has 9 heteroatoms. The summed E-state index contributed by atoms with van der Waals surface area (Å²) in [6.45, 7) is 2.97. The van der Waals surface area contributed by atoms with Crippen LogP contribution in [0.25, 0.3) is 0 Å². The van der Waals surface area contributed by atoms with Gasteiger partial charge in [0.25, 0.3) is 5.91 Å². The standard InChI is InChI=1S/C17H24N6O3/c1-11-3-5-23(21-11)6-4-18-16(25)12-7-13(15(24)8-12)20-17(26)14-9-22(2)10-19-14/h3,5,9-10,12-13,15,24H,4,6-8H2,1-2H3,(H,18,25)(H,20,26)/t12-,13+,15+/m0/s1. The van der Waals surface area contributed by atoms with E-state index in [4.69, 9.17) is 0 Å². The molecule has 3 N–H and O–H groups in total. The van der Waals surface area contributed by atoms with Crippen LogP contribution in [0.15, 0.2) is 24.8 Å². The van der Waals surface area contributed by atoms with Gasteiger partial charge >= 0.3 is 0 Å². The quantitative estimate of drug-likeness (QED) is 0.649. The first kappa shape index (κ1) is 18.1. The van der Waals surface area contributed by atoms with Gasteiger partial charge in [0.15, 0.2) is 0 Å². The Morgan fingerprint density at radius 2 is 2.19 bits per heavy atom. The van der Waals surface area contributed by atoms with Gasteiger partial charge in [-0.1, -0.05) is 0 Å². The Balaban J connectivity index is 1.46. The predicted molar refractivity (Wildman–Crippen MR) is 93.2 cm³/mol. The SMILES string of the molecule is Cc1ccn(CCNC(=O)[C@@H]2C[C@@H](O)[C@H](NC(=O)c3cn(C)cn3)C2)n1. The van der Waals surface area contributed by atoms with Crippen LogP contribution in [0.2, 0.25) is 0 Å². The fourth-order valence-electron chi connectivity index (χ4n) is 3.18. The number of aliphatic hydroxyl groups is 1. The second-order valence-electron chi connectivity index (χ2n) is 6.75. The summed E-state index contributed by atoms with van der Waals surface area (Å²) in [5, 5.41) is 20.1. The van der Waals surface area contributed by atoms with Crippen LogP contribution in [-0.2, 0) is 18.4 Å². The van der Waals surface area contributed by atoms with Gasteiger partial charge in [-0.3, -0.25) is 14.3 Å². The molecule has 140 valence electrons. The zero-order valence-electron chi connectivity index (χ0n) is 14.9. The van der Waals surface area contributed by atoms with Gasteiger partial charge in [0.1, 0.15) is 5.69 Å². The van der Waals surface area contributed by atoms with Gasteiger partial charge < -0.3 is 20.3 Å². The number of carbonyl (C=O) groups excluding carboxylic acids is 2. The summed E-state index contributed by atoms with van der Waals surface area (Å²) in [5.74, 6) is -0.773. The average molecular weight is 360 g/mol. The largest absolute Gasteiger partial charge is 0.391 e. The summed E-state index contributed by atoms with van der Waals surface area (Å²) in [5.41, 5.74) is 1.23. The number of amides is 2. The number of carbonyl (C=O) groups is 2. The van der Waals surface area contributed by atoms with E-state index in [0.29, 0.717) is 31.6 Å². The van der Waals surface area contributed by atoms with E-state index in [9.17, 15) is 14.7 Å². The second kappa shape index (κ2) is 7.69. The number of imidazole rings is 1. The van der Waals surface area contributed by atoms with Crippen molar-refractivity contribution in [1.29, 1.82) is 0 Å². The second-order valence-corrected chi connectivity index (χ2v) is 6.75. The third kappa shape index (κ3) is 4.29. The Hall–Kier alpha value is -2.68. The molecule has 3 atom stereocenters. The minimum atomic E-state index is -0.743. The van der Waals surface area contributed by atoms with E-state index in [2.05, 4.69) is 20.7 Å². The van der Waals surface area contributed by atoms with Crippen molar-refractivity contribution in [2.75, 3.05) is 6.54 Å². The number of hydrogen-bond donors (Lipinski definition) is 3. The lowest BCUT2D eigenvalue weighted by atomic mass is 10.1. The third-order valence-corrected chi connectivity index (χ3v) is 4.57. The first-order valence-corrected chi connectivity index (χ1v) is 8.67. The molecular formula is C17H24N6O3. The van der Waals surface area contributed by atoms with Gasteiger partial charge in [0, 0.05) is 31.9 Å². The number of nitrogens with zero attached hydrogens (tertiary/aromatic N) is 4. The van der Waals surface area contributed by atoms with Crippen molar-refractivity contribution < 1.29 is 14.7 Å². The fourth-order valence-corrected chi connectivity index (χ4v) is 3.18. The minimum Gasteiger partial charge on any atom is -0.391 e. The van der Waals surface area contributed by atoms with Crippen molar-refractivity contribution in [3.63, 3.8) is 0 Å². The molecule has 3 rings (SSSR count). The van der Waals surface area contributed by atoms with Crippen LogP contribution < -0.4 is 10.6 Å². The van der Waals surface area contributed by atoms with Gasteiger partial charge in [-0.25, -0.2) is 4.98 Å². The van der Waals surface area contributed by atoms with Gasteiger partial charge in [-0.15, -0.1) is 0 Å². The molecule has 0 aliphatic heterocycles. The lowest BCUT2D eigenvalue weighted by Crippen LogP contribution is -2.40. The van der Waals surface area contributed by atoms with Gasteiger partial charge in [0.05, 0.1) is 30.7 Å². The lowest BCUT2D eigenvalue weighted by Gasteiger charge is -2.15. The van der Waals surface area contributed by atoms with E-state index in [1.165, 1.54) is 6.33 Å². The lowest BCUT2D eigenvalue weighted by molar-refractivity contribution is -0.125. The topological polar surface area (TPSA) is 114 Å². The highest BCUT2D eigenvalue weighted by Crippen LogP contribution is 2.26. The summed E-state index contributed by atoms with van der Waals surface area (Å²) in [6.07, 6.45) is 5.01. The number of rotatable bonds is 6. The molecule has 0 bridgehead atoms. The van der Waals surface area contributed by atoms with E-state index in [1.54, 1.807) is 22.5 Å². The zero-order chi connectivity index (χ0) is 18.7. The van der Waals surface area contributed by atoms with Crippen LogP contribution in [0.4, 0.5) is 0 Å². The Bertz CT molecular complexity index is 783. The van der Waals surface area contributed by atoms with Crippen molar-refractivity contribution in [2.24, 2.45) is 13.0 Å². The maximum Gasteiger partial charge on any atom is 0.271 e. The van der Waals surface area contributed by atoms with Gasteiger partial charge in [0.2, 0.25) is 5.91 Å². The maximum absolute atomic E-state index is 12.3. The Kier molecular flexibility index (Phi) is 5.36. The molecule has 0 spiro atoms. The summed E-state index contributed by atoms with van der Waals surface area (Å²) in [7, 11) is 1.78. The van der Waals surface area contributed by atoms with E-state index in [1.807, 2.05) is 19.2 Å². The van der Waals surface area contributed by atoms with Crippen LogP contribution >= 0.6 is 0 Å². The normalized spacial score (nSPS) is 22.3. The van der Waals surface area contributed by atoms with Crippen LogP contribution in [-0.4, -0.2) is 54.9 Å². The molecule has 0 radical (unpaired) electrons. The predicted octanol–water partition coefficient (Wildman–Crippen LogP) is -0.389. The van der Waals surface area contributed by atoms with Crippen LogP contribution in [0.1, 0.15) is 29.0 Å². The summed E-state index contributed by atoms with van der Waals surface area (Å²) < 4.78 is 3.45. The van der Waals surface area contributed by atoms with E-state index in [-0.39, 0.29) is 17.7 Å². The smallest absolute Gasteiger partial charge is 0.271 e. The molecule has 0 unspecified atom stereocenters. The Labute approximate surface area is 151 Å². The first-order valence-electron chi connectivity index (χ1n) is 8.67. The number of hydrogen-bond acceptors (Lipinski definition) is 5. The zero-order valence-corrected chi connectivity index (χ0v) is 14.9. The minimum absolute atomic E-state index is 0.109. The highest BCUT2D eigenvalue weighted by molar-refractivity contribution is 5.92. The third-order valence-electron chi connectivity index (χ3n) is 4.57. The molecule has 9 nitrogen and oxygen atoms in total. The van der Waals surface area contributed by atoms with Crippen molar-refractivity contribution in [1.82, 2.24) is 30.0 Å². The molecule has 26 heavy (non-hydrogen) atoms. The maximum atomic E-state index is 12.3.